The van der Waals surface area contributed by atoms with Gasteiger partial charge in [-0.1, -0.05) is 22.4 Å². The Bertz CT molecular complexity index is 464. The van der Waals surface area contributed by atoms with Crippen molar-refractivity contribution in [1.29, 1.82) is 0 Å². The van der Waals surface area contributed by atoms with Crippen molar-refractivity contribution in [1.82, 2.24) is 4.90 Å². The highest BCUT2D eigenvalue weighted by atomic mass is 79.9. The Morgan fingerprint density at radius 2 is 2.14 bits per heavy atom. The van der Waals surface area contributed by atoms with Gasteiger partial charge in [0, 0.05) is 22.1 Å². The summed E-state index contributed by atoms with van der Waals surface area (Å²) in [5.41, 5.74) is 7.38. The highest BCUT2D eigenvalue weighted by Crippen LogP contribution is 2.40. The Labute approximate surface area is 137 Å². The van der Waals surface area contributed by atoms with E-state index in [-0.39, 0.29) is 0 Å². The average Bonchev–Trinajstić information content (AvgIpc) is 2.69. The fourth-order valence-electron chi connectivity index (χ4n) is 3.46. The minimum atomic E-state index is 0.338. The van der Waals surface area contributed by atoms with Gasteiger partial charge in [0.1, 0.15) is 5.75 Å². The molecule has 2 atom stereocenters. The summed E-state index contributed by atoms with van der Waals surface area (Å²) < 4.78 is 6.73. The first-order valence-electron chi connectivity index (χ1n) is 7.87. The molecule has 1 fully saturated rings. The molecule has 2 unspecified atom stereocenters. The summed E-state index contributed by atoms with van der Waals surface area (Å²) in [6.07, 6.45) is 3.71. The molecule has 1 heterocycles. The number of hydrogen-bond acceptors (Lipinski definition) is 3. The number of methoxy groups -OCH3 is 1. The molecule has 21 heavy (non-hydrogen) atoms. The molecule has 1 aliphatic heterocycles. The van der Waals surface area contributed by atoms with Crippen molar-refractivity contribution in [3.05, 3.63) is 28.2 Å². The zero-order valence-electron chi connectivity index (χ0n) is 13.3. The van der Waals surface area contributed by atoms with E-state index in [1.54, 1.807) is 7.11 Å². The van der Waals surface area contributed by atoms with Gasteiger partial charge >= 0.3 is 0 Å². The number of nitrogens with zero attached hydrogens (tertiary/aromatic N) is 1. The summed E-state index contributed by atoms with van der Waals surface area (Å²) >= 11 is 3.61. The SMILES string of the molecule is COc1ccc(Br)cc1C1C(CN)CCCCN1C(C)C. The van der Waals surface area contributed by atoms with Crippen LogP contribution in [0.3, 0.4) is 0 Å². The van der Waals surface area contributed by atoms with Gasteiger partial charge in [-0.25, -0.2) is 0 Å². The molecule has 4 heteroatoms. The number of benzene rings is 1. The molecule has 0 aliphatic carbocycles. The molecule has 0 amide bonds. The van der Waals surface area contributed by atoms with Gasteiger partial charge in [0.2, 0.25) is 0 Å². The van der Waals surface area contributed by atoms with E-state index >= 15 is 0 Å². The topological polar surface area (TPSA) is 38.5 Å². The van der Waals surface area contributed by atoms with Gasteiger partial charge < -0.3 is 10.5 Å². The van der Waals surface area contributed by atoms with Crippen LogP contribution in [0.5, 0.6) is 5.75 Å². The minimum absolute atomic E-state index is 0.338. The molecule has 1 saturated heterocycles. The van der Waals surface area contributed by atoms with Gasteiger partial charge in [-0.05, 0) is 63.9 Å². The van der Waals surface area contributed by atoms with Crippen LogP contribution in [0.2, 0.25) is 0 Å². The van der Waals surface area contributed by atoms with Crippen LogP contribution in [0.1, 0.15) is 44.7 Å². The summed E-state index contributed by atoms with van der Waals surface area (Å²) in [6, 6.07) is 7.13. The molecule has 0 radical (unpaired) electrons. The lowest BCUT2D eigenvalue weighted by Crippen LogP contribution is -2.40. The second kappa shape index (κ2) is 7.61. The zero-order valence-corrected chi connectivity index (χ0v) is 14.9. The maximum Gasteiger partial charge on any atom is 0.123 e. The fraction of sp³-hybridized carbons (Fsp3) is 0.647. The number of ether oxygens (including phenoxy) is 1. The predicted molar refractivity (Wildman–Crippen MR) is 91.7 cm³/mol. The lowest BCUT2D eigenvalue weighted by molar-refractivity contribution is 0.119. The zero-order chi connectivity index (χ0) is 15.4. The summed E-state index contributed by atoms with van der Waals surface area (Å²) in [4.78, 5) is 2.59. The highest BCUT2D eigenvalue weighted by Gasteiger charge is 2.33. The first-order valence-corrected chi connectivity index (χ1v) is 8.67. The lowest BCUT2D eigenvalue weighted by Gasteiger charge is -2.38. The van der Waals surface area contributed by atoms with E-state index in [1.165, 1.54) is 24.8 Å². The Kier molecular flexibility index (Phi) is 6.08. The first-order chi connectivity index (χ1) is 10.1. The number of halogens is 1. The molecule has 0 bridgehead atoms. The maximum absolute atomic E-state index is 6.11. The van der Waals surface area contributed by atoms with Crippen LogP contribution in [-0.2, 0) is 0 Å². The second-order valence-electron chi connectivity index (χ2n) is 6.15. The standard InChI is InChI=1S/C17H27BrN2O/c1-12(2)20-9-5-4-6-13(11-19)17(20)15-10-14(18)7-8-16(15)21-3/h7-8,10,12-13,17H,4-6,9,11,19H2,1-3H3. The Morgan fingerprint density at radius 1 is 1.38 bits per heavy atom. The van der Waals surface area contributed by atoms with E-state index in [0.717, 1.165) is 23.3 Å². The average molecular weight is 355 g/mol. The van der Waals surface area contributed by atoms with Crippen LogP contribution in [0.4, 0.5) is 0 Å². The monoisotopic (exact) mass is 354 g/mol. The van der Waals surface area contributed by atoms with Crippen molar-refractivity contribution in [3.63, 3.8) is 0 Å². The third kappa shape index (κ3) is 3.79. The van der Waals surface area contributed by atoms with Gasteiger partial charge in [-0.3, -0.25) is 4.90 Å². The van der Waals surface area contributed by atoms with E-state index < -0.39 is 0 Å². The van der Waals surface area contributed by atoms with Crippen molar-refractivity contribution in [2.75, 3.05) is 20.2 Å². The quantitative estimate of drug-likeness (QED) is 0.888. The molecule has 1 aromatic rings. The summed E-state index contributed by atoms with van der Waals surface area (Å²) in [5.74, 6) is 1.45. The lowest BCUT2D eigenvalue weighted by atomic mass is 9.88. The van der Waals surface area contributed by atoms with Crippen molar-refractivity contribution < 1.29 is 4.74 Å². The Balaban J connectivity index is 2.49. The van der Waals surface area contributed by atoms with E-state index in [2.05, 4.69) is 46.8 Å². The second-order valence-corrected chi connectivity index (χ2v) is 7.07. The molecular formula is C17H27BrN2O. The normalized spacial score (nSPS) is 24.1. The third-order valence-electron chi connectivity index (χ3n) is 4.52. The van der Waals surface area contributed by atoms with E-state index in [0.29, 0.717) is 18.0 Å². The van der Waals surface area contributed by atoms with E-state index in [9.17, 15) is 0 Å². The summed E-state index contributed by atoms with van der Waals surface area (Å²) in [5, 5.41) is 0. The molecule has 0 spiro atoms. The van der Waals surface area contributed by atoms with Gasteiger partial charge in [0.05, 0.1) is 7.11 Å². The Hall–Kier alpha value is -0.580. The largest absolute Gasteiger partial charge is 0.496 e. The van der Waals surface area contributed by atoms with E-state index in [4.69, 9.17) is 10.5 Å². The van der Waals surface area contributed by atoms with Gasteiger partial charge in [0.15, 0.2) is 0 Å². The smallest absolute Gasteiger partial charge is 0.123 e. The molecule has 0 saturated carbocycles. The van der Waals surface area contributed by atoms with Gasteiger partial charge in [-0.2, -0.15) is 0 Å². The summed E-state index contributed by atoms with van der Waals surface area (Å²) in [6.45, 7) is 6.41. The van der Waals surface area contributed by atoms with Gasteiger partial charge in [0.25, 0.3) is 0 Å². The van der Waals surface area contributed by atoms with Crippen molar-refractivity contribution in [2.45, 2.75) is 45.2 Å². The van der Waals surface area contributed by atoms with Crippen molar-refractivity contribution in [2.24, 2.45) is 11.7 Å². The van der Waals surface area contributed by atoms with Crippen molar-refractivity contribution in [3.8, 4) is 5.75 Å². The fourth-order valence-corrected chi connectivity index (χ4v) is 3.84. The minimum Gasteiger partial charge on any atom is -0.496 e. The van der Waals surface area contributed by atoms with Crippen LogP contribution in [-0.4, -0.2) is 31.1 Å². The molecular weight excluding hydrogens is 328 g/mol. The van der Waals surface area contributed by atoms with E-state index in [1.807, 2.05) is 6.07 Å². The molecule has 1 aliphatic rings. The molecule has 3 nitrogen and oxygen atoms in total. The number of likely N-dealkylation sites (tertiary alicyclic amines) is 1. The van der Waals surface area contributed by atoms with Crippen LogP contribution < -0.4 is 10.5 Å². The highest BCUT2D eigenvalue weighted by molar-refractivity contribution is 9.10. The van der Waals surface area contributed by atoms with Crippen LogP contribution >= 0.6 is 15.9 Å². The molecule has 0 aromatic heterocycles. The third-order valence-corrected chi connectivity index (χ3v) is 5.01. The first kappa shape index (κ1) is 16.8. The molecule has 2 rings (SSSR count). The molecule has 118 valence electrons. The van der Waals surface area contributed by atoms with Crippen molar-refractivity contribution >= 4 is 15.9 Å². The number of rotatable bonds is 4. The number of hydrogen-bond donors (Lipinski definition) is 1. The Morgan fingerprint density at radius 3 is 2.76 bits per heavy atom. The van der Waals surface area contributed by atoms with Gasteiger partial charge in [-0.15, -0.1) is 0 Å². The number of nitrogens with two attached hydrogens (primary N) is 1. The van der Waals surface area contributed by atoms with Crippen LogP contribution in [0, 0.1) is 5.92 Å². The maximum atomic E-state index is 6.11. The van der Waals surface area contributed by atoms with Crippen LogP contribution in [0.25, 0.3) is 0 Å². The molecule has 2 N–H and O–H groups in total. The van der Waals surface area contributed by atoms with Crippen LogP contribution in [0.15, 0.2) is 22.7 Å². The molecule has 1 aromatic carbocycles. The summed E-state index contributed by atoms with van der Waals surface area (Å²) in [7, 11) is 1.75. The predicted octanol–water partition coefficient (Wildman–Crippen LogP) is 3.97.